The van der Waals surface area contributed by atoms with E-state index in [9.17, 15) is 4.79 Å². The molecular weight excluding hydrogens is 390 g/mol. The molecule has 4 rings (SSSR count). The van der Waals surface area contributed by atoms with Gasteiger partial charge in [-0.3, -0.25) is 9.69 Å². The summed E-state index contributed by atoms with van der Waals surface area (Å²) in [5, 5.41) is 9.23. The van der Waals surface area contributed by atoms with Crippen LogP contribution in [0.15, 0.2) is 114 Å². The molecule has 0 bridgehead atoms. The van der Waals surface area contributed by atoms with Crippen molar-refractivity contribution in [1.82, 2.24) is 4.90 Å². The lowest BCUT2D eigenvalue weighted by molar-refractivity contribution is -0.127. The first-order valence-corrected chi connectivity index (χ1v) is 10.5. The molecule has 1 fully saturated rings. The number of nitrogens with zero attached hydrogens (tertiary/aromatic N) is 3. The molecule has 148 valence electrons. The van der Waals surface area contributed by atoms with Gasteiger partial charge in [0.1, 0.15) is 0 Å². The first-order chi connectivity index (χ1) is 14.8. The van der Waals surface area contributed by atoms with Crippen LogP contribution in [0.3, 0.4) is 0 Å². The number of rotatable bonds is 6. The minimum Gasteiger partial charge on any atom is -0.284 e. The van der Waals surface area contributed by atoms with Crippen molar-refractivity contribution < 1.29 is 4.79 Å². The molecule has 0 N–H and O–H groups in total. The molecule has 0 atom stereocenters. The van der Waals surface area contributed by atoms with E-state index in [0.717, 1.165) is 16.7 Å². The van der Waals surface area contributed by atoms with Gasteiger partial charge in [-0.2, -0.15) is 5.10 Å². The van der Waals surface area contributed by atoms with Crippen LogP contribution in [0.4, 0.5) is 0 Å². The molecule has 1 aliphatic heterocycles. The van der Waals surface area contributed by atoms with Crippen LogP contribution in [-0.4, -0.2) is 28.7 Å². The van der Waals surface area contributed by atoms with Gasteiger partial charge >= 0.3 is 0 Å². The zero-order valence-electron chi connectivity index (χ0n) is 16.4. The third-order valence-corrected chi connectivity index (χ3v) is 6.28. The predicted octanol–water partition coefficient (Wildman–Crippen LogP) is 5.08. The summed E-state index contributed by atoms with van der Waals surface area (Å²) >= 11 is 1.42. The second kappa shape index (κ2) is 8.93. The molecule has 0 aromatic heterocycles. The molecule has 0 aliphatic carbocycles. The Bertz CT molecular complexity index is 1040. The van der Waals surface area contributed by atoms with Crippen LogP contribution in [-0.2, 0) is 9.54 Å². The highest BCUT2D eigenvalue weighted by atomic mass is 32.2. The van der Waals surface area contributed by atoms with Crippen LogP contribution in [0.5, 0.6) is 0 Å². The molecule has 1 heterocycles. The van der Waals surface area contributed by atoms with Crippen molar-refractivity contribution in [2.24, 2.45) is 10.2 Å². The summed E-state index contributed by atoms with van der Waals surface area (Å²) in [6, 6.07) is 29.4. The van der Waals surface area contributed by atoms with Crippen molar-refractivity contribution >= 4 is 29.1 Å². The monoisotopic (exact) mass is 411 g/mol. The van der Waals surface area contributed by atoms with Gasteiger partial charge < -0.3 is 0 Å². The van der Waals surface area contributed by atoms with Gasteiger partial charge in [0.2, 0.25) is 0 Å². The number of carbonyl (C=O) groups excluding carboxylic acids is 1. The average Bonchev–Trinajstić information content (AvgIpc) is 3.09. The quantitative estimate of drug-likeness (QED) is 0.322. The fraction of sp³-hybridized carbons (Fsp3) is 0.0800. The molecule has 3 aromatic rings. The summed E-state index contributed by atoms with van der Waals surface area (Å²) in [6.07, 6.45) is 3.40. The number of hydrogen-bond donors (Lipinski definition) is 0. The van der Waals surface area contributed by atoms with Gasteiger partial charge in [0.05, 0.1) is 6.21 Å². The van der Waals surface area contributed by atoms with E-state index in [1.54, 1.807) is 17.2 Å². The maximum Gasteiger partial charge on any atom is 0.254 e. The summed E-state index contributed by atoms with van der Waals surface area (Å²) in [5.41, 5.74) is 2.78. The van der Waals surface area contributed by atoms with E-state index in [0.29, 0.717) is 11.7 Å². The van der Waals surface area contributed by atoms with E-state index in [1.165, 1.54) is 11.8 Å². The lowest BCUT2D eigenvalue weighted by Gasteiger charge is -2.27. The van der Waals surface area contributed by atoms with E-state index in [1.807, 2.05) is 91.0 Å². The number of amides is 1. The summed E-state index contributed by atoms with van der Waals surface area (Å²) in [5.74, 6) is -0.0431. The highest BCUT2D eigenvalue weighted by molar-refractivity contribution is 8.16. The lowest BCUT2D eigenvalue weighted by Crippen LogP contribution is -2.38. The molecule has 3 aromatic carbocycles. The van der Waals surface area contributed by atoms with Crippen molar-refractivity contribution in [2.45, 2.75) is 4.75 Å². The fourth-order valence-electron chi connectivity index (χ4n) is 3.44. The smallest absolute Gasteiger partial charge is 0.254 e. The fourth-order valence-corrected chi connectivity index (χ4v) is 4.77. The number of hydrogen-bond acceptors (Lipinski definition) is 4. The highest BCUT2D eigenvalue weighted by Gasteiger charge is 2.53. The van der Waals surface area contributed by atoms with Crippen LogP contribution in [0, 0.1) is 0 Å². The van der Waals surface area contributed by atoms with Crippen molar-refractivity contribution in [1.29, 1.82) is 0 Å². The molecule has 30 heavy (non-hydrogen) atoms. The molecule has 1 saturated heterocycles. The van der Waals surface area contributed by atoms with Gasteiger partial charge in [-0.1, -0.05) is 109 Å². The van der Waals surface area contributed by atoms with Crippen molar-refractivity contribution in [3.8, 4) is 0 Å². The maximum atomic E-state index is 13.8. The van der Waals surface area contributed by atoms with E-state index < -0.39 is 4.75 Å². The second-order valence-electron chi connectivity index (χ2n) is 6.76. The molecule has 0 spiro atoms. The largest absolute Gasteiger partial charge is 0.284 e. The SMILES string of the molecule is C=CCN1C(=O)C(c2ccccc2)(c2ccccc2)S/C1=N\N=Cc1ccccc1. The van der Waals surface area contributed by atoms with Crippen LogP contribution >= 0.6 is 11.8 Å². The van der Waals surface area contributed by atoms with Gasteiger partial charge in [-0.25, -0.2) is 0 Å². The van der Waals surface area contributed by atoms with Gasteiger partial charge in [-0.15, -0.1) is 11.7 Å². The molecule has 0 radical (unpaired) electrons. The van der Waals surface area contributed by atoms with Gasteiger partial charge in [-0.05, 0) is 16.7 Å². The Morgan fingerprint density at radius 1 is 0.867 bits per heavy atom. The summed E-state index contributed by atoms with van der Waals surface area (Å²) in [7, 11) is 0. The molecule has 0 saturated carbocycles. The zero-order chi connectivity index (χ0) is 20.8. The minimum absolute atomic E-state index is 0.0431. The third kappa shape index (κ3) is 3.72. The summed E-state index contributed by atoms with van der Waals surface area (Å²) in [4.78, 5) is 15.4. The topological polar surface area (TPSA) is 45.0 Å². The summed E-state index contributed by atoms with van der Waals surface area (Å²) in [6.45, 7) is 4.19. The Morgan fingerprint density at radius 2 is 1.40 bits per heavy atom. The Hall–Kier alpha value is -3.44. The van der Waals surface area contributed by atoms with E-state index >= 15 is 0 Å². The van der Waals surface area contributed by atoms with E-state index in [2.05, 4.69) is 16.8 Å². The van der Waals surface area contributed by atoms with E-state index in [-0.39, 0.29) is 5.91 Å². The van der Waals surface area contributed by atoms with Crippen LogP contribution in [0.2, 0.25) is 0 Å². The highest BCUT2D eigenvalue weighted by Crippen LogP contribution is 2.50. The van der Waals surface area contributed by atoms with Crippen molar-refractivity contribution in [3.63, 3.8) is 0 Å². The lowest BCUT2D eigenvalue weighted by atomic mass is 9.89. The molecule has 4 nitrogen and oxygen atoms in total. The first-order valence-electron chi connectivity index (χ1n) is 9.64. The van der Waals surface area contributed by atoms with Crippen LogP contribution in [0.1, 0.15) is 16.7 Å². The molecule has 1 amide bonds. The Morgan fingerprint density at radius 3 is 1.93 bits per heavy atom. The predicted molar refractivity (Wildman–Crippen MR) is 125 cm³/mol. The Balaban J connectivity index is 1.80. The average molecular weight is 412 g/mol. The van der Waals surface area contributed by atoms with Crippen LogP contribution in [0.25, 0.3) is 0 Å². The number of benzene rings is 3. The second-order valence-corrected chi connectivity index (χ2v) is 7.94. The number of amidine groups is 1. The zero-order valence-corrected chi connectivity index (χ0v) is 17.2. The Kier molecular flexibility index (Phi) is 5.91. The van der Waals surface area contributed by atoms with Crippen molar-refractivity contribution in [2.75, 3.05) is 6.54 Å². The summed E-state index contributed by atoms with van der Waals surface area (Å²) < 4.78 is -0.910. The normalized spacial score (nSPS) is 17.0. The van der Waals surface area contributed by atoms with Gasteiger partial charge in [0.25, 0.3) is 5.91 Å². The van der Waals surface area contributed by atoms with Gasteiger partial charge in [0, 0.05) is 6.54 Å². The molecule has 0 unspecified atom stereocenters. The number of thioether (sulfide) groups is 1. The Labute approximate surface area is 180 Å². The number of carbonyl (C=O) groups is 1. The molecular formula is C25H21N3OS. The van der Waals surface area contributed by atoms with Gasteiger partial charge in [0.15, 0.2) is 9.91 Å². The van der Waals surface area contributed by atoms with Crippen LogP contribution < -0.4 is 0 Å². The van der Waals surface area contributed by atoms with Crippen molar-refractivity contribution in [3.05, 3.63) is 120 Å². The molecule has 1 aliphatic rings. The van der Waals surface area contributed by atoms with E-state index in [4.69, 9.17) is 0 Å². The third-order valence-electron chi connectivity index (χ3n) is 4.84. The molecule has 5 heteroatoms. The maximum absolute atomic E-state index is 13.8. The standard InChI is InChI=1S/C25H21N3OS/c1-2-18-28-23(29)25(21-14-8-4-9-15-21,22-16-10-5-11-17-22)30-24(28)27-26-19-20-12-6-3-7-13-20/h2-17,19H,1,18H2/b26-19?,27-24-. The minimum atomic E-state index is -0.910. The first kappa shape index (κ1) is 19.9.